The van der Waals surface area contributed by atoms with Gasteiger partial charge in [-0.3, -0.25) is 14.5 Å². The second-order valence-electron chi connectivity index (χ2n) is 6.60. The van der Waals surface area contributed by atoms with Gasteiger partial charge in [-0.2, -0.15) is 0 Å². The van der Waals surface area contributed by atoms with Crippen molar-refractivity contribution in [2.45, 2.75) is 38.6 Å². The van der Waals surface area contributed by atoms with Gasteiger partial charge in [-0.05, 0) is 43.6 Å². The van der Waals surface area contributed by atoms with Crippen molar-refractivity contribution in [3.05, 3.63) is 29.8 Å². The van der Waals surface area contributed by atoms with Crippen molar-refractivity contribution in [2.24, 2.45) is 5.92 Å². The smallest absolute Gasteiger partial charge is 0.308 e. The Hall–Kier alpha value is -1.59. The number of rotatable bonds is 4. The highest BCUT2D eigenvalue weighted by molar-refractivity contribution is 5.99. The predicted molar refractivity (Wildman–Crippen MR) is 95.5 cm³/mol. The van der Waals surface area contributed by atoms with Crippen molar-refractivity contribution in [1.29, 1.82) is 0 Å². The lowest BCUT2D eigenvalue weighted by atomic mass is 10.1. The van der Waals surface area contributed by atoms with Gasteiger partial charge in [-0.15, -0.1) is 12.4 Å². The molecule has 2 aliphatic heterocycles. The number of carbonyl (C=O) groups is 2. The standard InChI is InChI=1S/C18H24N2O3.ClH/c21-17-11-15(18(22)23)13-20(17)16-7-5-14(6-8-16)12-19-9-3-1-2-4-10-19;/h5-8,15H,1-4,9-13H2,(H,22,23);1H/t15-;/m0./s1. The molecule has 0 bridgehead atoms. The van der Waals surface area contributed by atoms with E-state index < -0.39 is 11.9 Å². The highest BCUT2D eigenvalue weighted by Crippen LogP contribution is 2.26. The first-order chi connectivity index (χ1) is 11.1. The topological polar surface area (TPSA) is 60.9 Å². The number of nitrogens with zero attached hydrogens (tertiary/aromatic N) is 2. The summed E-state index contributed by atoms with van der Waals surface area (Å²) in [5.41, 5.74) is 2.05. The maximum atomic E-state index is 12.0. The molecule has 1 amide bonds. The second-order valence-corrected chi connectivity index (χ2v) is 6.60. The van der Waals surface area contributed by atoms with E-state index in [9.17, 15) is 9.59 Å². The maximum absolute atomic E-state index is 12.0. The van der Waals surface area contributed by atoms with E-state index in [0.717, 1.165) is 25.3 Å². The number of hydrogen-bond acceptors (Lipinski definition) is 3. The minimum absolute atomic E-state index is 0. The molecule has 2 fully saturated rings. The van der Waals surface area contributed by atoms with Gasteiger partial charge in [-0.1, -0.05) is 25.0 Å². The van der Waals surface area contributed by atoms with Crippen molar-refractivity contribution in [1.82, 2.24) is 4.90 Å². The number of carboxylic acid groups (broad SMARTS) is 1. The summed E-state index contributed by atoms with van der Waals surface area (Å²) in [5, 5.41) is 9.06. The zero-order valence-electron chi connectivity index (χ0n) is 13.8. The third kappa shape index (κ3) is 4.48. The quantitative estimate of drug-likeness (QED) is 0.905. The third-order valence-corrected chi connectivity index (χ3v) is 4.83. The van der Waals surface area contributed by atoms with Gasteiger partial charge in [0.05, 0.1) is 5.92 Å². The minimum Gasteiger partial charge on any atom is -0.481 e. The van der Waals surface area contributed by atoms with Gasteiger partial charge in [-0.25, -0.2) is 0 Å². The summed E-state index contributed by atoms with van der Waals surface area (Å²) < 4.78 is 0. The van der Waals surface area contributed by atoms with Crippen LogP contribution in [0.15, 0.2) is 24.3 Å². The Balaban J connectivity index is 0.00000208. The molecule has 1 aromatic carbocycles. The first-order valence-corrected chi connectivity index (χ1v) is 8.48. The average Bonchev–Trinajstić information content (AvgIpc) is 2.76. The zero-order valence-corrected chi connectivity index (χ0v) is 14.6. The van der Waals surface area contributed by atoms with Crippen LogP contribution in [0.3, 0.4) is 0 Å². The van der Waals surface area contributed by atoms with Gasteiger partial charge in [0, 0.05) is 25.2 Å². The van der Waals surface area contributed by atoms with Crippen LogP contribution in [0, 0.1) is 5.92 Å². The van der Waals surface area contributed by atoms with Crippen LogP contribution in [-0.4, -0.2) is 41.5 Å². The Morgan fingerprint density at radius 2 is 1.71 bits per heavy atom. The second kappa shape index (κ2) is 8.49. The summed E-state index contributed by atoms with van der Waals surface area (Å²) >= 11 is 0. The number of halogens is 1. The van der Waals surface area contributed by atoms with E-state index in [-0.39, 0.29) is 31.3 Å². The highest BCUT2D eigenvalue weighted by Gasteiger charge is 2.34. The van der Waals surface area contributed by atoms with Gasteiger partial charge in [0.15, 0.2) is 0 Å². The van der Waals surface area contributed by atoms with Gasteiger partial charge in [0.2, 0.25) is 5.91 Å². The lowest BCUT2D eigenvalue weighted by Crippen LogP contribution is -2.26. The Labute approximate surface area is 149 Å². The van der Waals surface area contributed by atoms with Crippen LogP contribution in [0.5, 0.6) is 0 Å². The first-order valence-electron chi connectivity index (χ1n) is 8.48. The summed E-state index contributed by atoms with van der Waals surface area (Å²) in [6.45, 7) is 3.55. The molecule has 0 radical (unpaired) electrons. The number of carbonyl (C=O) groups excluding carboxylic acids is 1. The van der Waals surface area contributed by atoms with E-state index >= 15 is 0 Å². The normalized spacial score (nSPS) is 22.1. The molecule has 2 aliphatic rings. The van der Waals surface area contributed by atoms with Gasteiger partial charge >= 0.3 is 5.97 Å². The highest BCUT2D eigenvalue weighted by atomic mass is 35.5. The molecule has 0 unspecified atom stereocenters. The predicted octanol–water partition coefficient (Wildman–Crippen LogP) is 2.92. The van der Waals surface area contributed by atoms with E-state index in [1.165, 1.54) is 31.2 Å². The molecule has 132 valence electrons. The van der Waals surface area contributed by atoms with Crippen LogP contribution in [0.4, 0.5) is 5.69 Å². The molecular weight excluding hydrogens is 328 g/mol. The van der Waals surface area contributed by atoms with E-state index in [1.54, 1.807) is 4.90 Å². The van der Waals surface area contributed by atoms with Crippen molar-refractivity contribution < 1.29 is 14.7 Å². The van der Waals surface area contributed by atoms with Gasteiger partial charge < -0.3 is 10.0 Å². The molecule has 1 N–H and O–H groups in total. The number of amides is 1. The Morgan fingerprint density at radius 1 is 1.08 bits per heavy atom. The van der Waals surface area contributed by atoms with E-state index in [0.29, 0.717) is 0 Å². The lowest BCUT2D eigenvalue weighted by molar-refractivity contribution is -0.141. The molecule has 0 aliphatic carbocycles. The fourth-order valence-corrected chi connectivity index (χ4v) is 3.46. The maximum Gasteiger partial charge on any atom is 0.308 e. The van der Waals surface area contributed by atoms with E-state index in [4.69, 9.17) is 5.11 Å². The molecule has 0 aromatic heterocycles. The molecule has 2 saturated heterocycles. The van der Waals surface area contributed by atoms with Crippen LogP contribution in [0.25, 0.3) is 0 Å². The summed E-state index contributed by atoms with van der Waals surface area (Å²) in [6, 6.07) is 7.99. The number of carboxylic acids is 1. The Kier molecular flexibility index (Phi) is 6.63. The van der Waals surface area contributed by atoms with E-state index in [1.807, 2.05) is 12.1 Å². The Morgan fingerprint density at radius 3 is 2.25 bits per heavy atom. The van der Waals surface area contributed by atoms with Crippen molar-refractivity contribution in [3.8, 4) is 0 Å². The number of aliphatic carboxylic acids is 1. The largest absolute Gasteiger partial charge is 0.481 e. The molecule has 24 heavy (non-hydrogen) atoms. The van der Waals surface area contributed by atoms with Gasteiger partial charge in [0.25, 0.3) is 0 Å². The van der Waals surface area contributed by atoms with Crippen molar-refractivity contribution in [3.63, 3.8) is 0 Å². The molecule has 6 heteroatoms. The number of likely N-dealkylation sites (tertiary alicyclic amines) is 1. The molecule has 1 aromatic rings. The summed E-state index contributed by atoms with van der Waals surface area (Å²) in [5.74, 6) is -1.57. The van der Waals surface area contributed by atoms with Crippen molar-refractivity contribution in [2.75, 3.05) is 24.5 Å². The van der Waals surface area contributed by atoms with Crippen LogP contribution in [-0.2, 0) is 16.1 Å². The third-order valence-electron chi connectivity index (χ3n) is 4.83. The molecule has 3 rings (SSSR count). The molecule has 0 saturated carbocycles. The molecule has 5 nitrogen and oxygen atoms in total. The van der Waals surface area contributed by atoms with Gasteiger partial charge in [0.1, 0.15) is 0 Å². The zero-order chi connectivity index (χ0) is 16.2. The number of hydrogen-bond donors (Lipinski definition) is 1. The number of benzene rings is 1. The van der Waals surface area contributed by atoms with E-state index in [2.05, 4.69) is 17.0 Å². The van der Waals surface area contributed by atoms with Crippen LogP contribution in [0.2, 0.25) is 0 Å². The molecule has 1 atom stereocenters. The fourth-order valence-electron chi connectivity index (χ4n) is 3.46. The Bertz CT molecular complexity index is 568. The fraction of sp³-hybridized carbons (Fsp3) is 0.556. The summed E-state index contributed by atoms with van der Waals surface area (Å²) in [6.07, 6.45) is 5.31. The molecular formula is C18H25ClN2O3. The minimum atomic E-state index is -0.890. The average molecular weight is 353 g/mol. The van der Waals surface area contributed by atoms with Crippen molar-refractivity contribution >= 4 is 30.0 Å². The van der Waals surface area contributed by atoms with Crippen LogP contribution < -0.4 is 4.90 Å². The number of anilines is 1. The summed E-state index contributed by atoms with van der Waals surface area (Å²) in [7, 11) is 0. The summed E-state index contributed by atoms with van der Waals surface area (Å²) in [4.78, 5) is 27.1. The molecule has 2 heterocycles. The van der Waals surface area contributed by atoms with Crippen LogP contribution in [0.1, 0.15) is 37.7 Å². The first kappa shape index (κ1) is 18.7. The van der Waals surface area contributed by atoms with Crippen LogP contribution >= 0.6 is 12.4 Å². The monoisotopic (exact) mass is 352 g/mol. The lowest BCUT2D eigenvalue weighted by Gasteiger charge is -2.21. The SMILES string of the molecule is Cl.O=C(O)[C@H]1CC(=O)N(c2ccc(CN3CCCCCC3)cc2)C1. The molecule has 0 spiro atoms.